The van der Waals surface area contributed by atoms with Crippen molar-refractivity contribution in [2.45, 2.75) is 32.6 Å². The van der Waals surface area contributed by atoms with Crippen molar-refractivity contribution in [3.63, 3.8) is 0 Å². The van der Waals surface area contributed by atoms with Crippen molar-refractivity contribution in [2.75, 3.05) is 0 Å². The van der Waals surface area contributed by atoms with Crippen molar-refractivity contribution >= 4 is 17.1 Å². The average molecular weight is 275 g/mol. The molecule has 1 heterocycles. The molecule has 1 aromatic carbocycles. The Labute approximate surface area is 116 Å². The third-order valence-electron chi connectivity index (χ3n) is 3.76. The Bertz CT molecular complexity index is 658. The fourth-order valence-electron chi connectivity index (χ4n) is 2.24. The number of hydrogen-bond acceptors (Lipinski definition) is 3. The fourth-order valence-corrected chi connectivity index (χ4v) is 2.61. The van der Waals surface area contributed by atoms with Crippen LogP contribution >= 0.6 is 12.2 Å². The highest BCUT2D eigenvalue weighted by atomic mass is 32.1. The Hall–Kier alpha value is -1.55. The molecule has 1 aliphatic carbocycles. The topological polar surface area (TPSA) is 26.0 Å². The van der Waals surface area contributed by atoms with Crippen LogP contribution in [0.25, 0.3) is 0 Å². The monoisotopic (exact) mass is 275 g/mol. The van der Waals surface area contributed by atoms with E-state index in [0.29, 0.717) is 16.3 Å². The van der Waals surface area contributed by atoms with Gasteiger partial charge in [0.2, 0.25) is 0 Å². The Kier molecular flexibility index (Phi) is 2.97. The van der Waals surface area contributed by atoms with Crippen LogP contribution in [-0.2, 0) is 0 Å². The van der Waals surface area contributed by atoms with Gasteiger partial charge < -0.3 is 4.52 Å². The molecule has 4 heteroatoms. The molecule has 1 aliphatic rings. The van der Waals surface area contributed by atoms with Crippen LogP contribution in [-0.4, -0.2) is 10.0 Å². The quantitative estimate of drug-likeness (QED) is 0.623. The van der Waals surface area contributed by atoms with E-state index in [4.69, 9.17) is 16.7 Å². The first-order valence-electron chi connectivity index (χ1n) is 6.34. The van der Waals surface area contributed by atoms with Crippen molar-refractivity contribution in [2.24, 2.45) is 0 Å². The van der Waals surface area contributed by atoms with Gasteiger partial charge in [-0.3, -0.25) is 0 Å². The lowest BCUT2D eigenvalue weighted by Gasteiger charge is -2.10. The standard InChI is InChI=1S/C15H14FNOS/c1-8-9(2)13(16)6-5-11(8)15(19)12-7-17-18-14(12)10-3-4-10/h5-7,10H,3-4H2,1-2H3. The van der Waals surface area contributed by atoms with Crippen LogP contribution in [0.4, 0.5) is 4.39 Å². The molecule has 0 bridgehead atoms. The van der Waals surface area contributed by atoms with Gasteiger partial charge in [-0.05, 0) is 49.4 Å². The van der Waals surface area contributed by atoms with Crippen molar-refractivity contribution in [3.05, 3.63) is 52.2 Å². The zero-order valence-electron chi connectivity index (χ0n) is 10.9. The molecule has 0 amide bonds. The molecule has 1 fully saturated rings. The van der Waals surface area contributed by atoms with Crippen molar-refractivity contribution in [3.8, 4) is 0 Å². The van der Waals surface area contributed by atoms with Crippen LogP contribution in [0, 0.1) is 19.7 Å². The lowest BCUT2D eigenvalue weighted by atomic mass is 9.96. The highest BCUT2D eigenvalue weighted by Crippen LogP contribution is 2.42. The molecule has 0 N–H and O–H groups in total. The van der Waals surface area contributed by atoms with Gasteiger partial charge in [0.25, 0.3) is 0 Å². The normalized spacial score (nSPS) is 14.7. The largest absolute Gasteiger partial charge is 0.360 e. The number of halogens is 1. The third kappa shape index (κ3) is 2.10. The minimum atomic E-state index is -0.197. The molecule has 0 atom stereocenters. The molecule has 98 valence electrons. The van der Waals surface area contributed by atoms with Crippen LogP contribution in [0.5, 0.6) is 0 Å². The number of rotatable bonds is 3. The van der Waals surface area contributed by atoms with Gasteiger partial charge in [0.1, 0.15) is 11.6 Å². The van der Waals surface area contributed by atoms with Gasteiger partial charge in [-0.2, -0.15) is 0 Å². The van der Waals surface area contributed by atoms with E-state index < -0.39 is 0 Å². The first-order valence-corrected chi connectivity index (χ1v) is 6.75. The lowest BCUT2D eigenvalue weighted by molar-refractivity contribution is 0.384. The lowest BCUT2D eigenvalue weighted by Crippen LogP contribution is -2.05. The second-order valence-corrected chi connectivity index (χ2v) is 5.46. The molecule has 19 heavy (non-hydrogen) atoms. The molecular formula is C15H14FNOS. The fraction of sp³-hybridized carbons (Fsp3) is 0.333. The van der Waals surface area contributed by atoms with Gasteiger partial charge in [-0.1, -0.05) is 23.4 Å². The second kappa shape index (κ2) is 4.53. The van der Waals surface area contributed by atoms with E-state index in [1.807, 2.05) is 6.92 Å². The summed E-state index contributed by atoms with van der Waals surface area (Å²) in [5, 5.41) is 3.86. The van der Waals surface area contributed by atoms with Crippen LogP contribution in [0.2, 0.25) is 0 Å². The molecular weight excluding hydrogens is 261 g/mol. The molecule has 0 aliphatic heterocycles. The zero-order chi connectivity index (χ0) is 13.6. The summed E-state index contributed by atoms with van der Waals surface area (Å²) in [6.07, 6.45) is 3.94. The summed E-state index contributed by atoms with van der Waals surface area (Å²) in [4.78, 5) is 0.698. The summed E-state index contributed by atoms with van der Waals surface area (Å²) in [6, 6.07) is 3.21. The molecule has 1 saturated carbocycles. The van der Waals surface area contributed by atoms with E-state index in [-0.39, 0.29) is 5.82 Å². The first kappa shape index (κ1) is 12.5. The van der Waals surface area contributed by atoms with Crippen molar-refractivity contribution in [1.82, 2.24) is 5.16 Å². The highest BCUT2D eigenvalue weighted by Gasteiger charge is 2.31. The number of aromatic nitrogens is 1. The minimum absolute atomic E-state index is 0.197. The van der Waals surface area contributed by atoms with E-state index in [9.17, 15) is 4.39 Å². The molecule has 0 spiro atoms. The van der Waals surface area contributed by atoms with Crippen molar-refractivity contribution in [1.29, 1.82) is 0 Å². The van der Waals surface area contributed by atoms with Gasteiger partial charge in [-0.25, -0.2) is 4.39 Å². The summed E-state index contributed by atoms with van der Waals surface area (Å²) in [5.41, 5.74) is 3.29. The van der Waals surface area contributed by atoms with Gasteiger partial charge >= 0.3 is 0 Å². The molecule has 0 saturated heterocycles. The van der Waals surface area contributed by atoms with Gasteiger partial charge in [0.15, 0.2) is 0 Å². The molecule has 2 nitrogen and oxygen atoms in total. The second-order valence-electron chi connectivity index (χ2n) is 5.05. The van der Waals surface area contributed by atoms with E-state index in [2.05, 4.69) is 5.16 Å². The van der Waals surface area contributed by atoms with Crippen LogP contribution in [0.1, 0.15) is 46.8 Å². The Morgan fingerprint density at radius 2 is 2.00 bits per heavy atom. The summed E-state index contributed by atoms with van der Waals surface area (Å²) >= 11 is 5.54. The van der Waals surface area contributed by atoms with E-state index in [0.717, 1.165) is 35.3 Å². The first-order chi connectivity index (χ1) is 9.09. The predicted octanol–water partition coefficient (Wildman–Crippen LogP) is 4.07. The number of hydrogen-bond donors (Lipinski definition) is 0. The van der Waals surface area contributed by atoms with Crippen LogP contribution < -0.4 is 0 Å². The number of nitrogens with zero attached hydrogens (tertiary/aromatic N) is 1. The van der Waals surface area contributed by atoms with E-state index >= 15 is 0 Å². The molecule has 0 unspecified atom stereocenters. The minimum Gasteiger partial charge on any atom is -0.360 e. The molecule has 1 aromatic heterocycles. The third-order valence-corrected chi connectivity index (χ3v) is 4.20. The zero-order valence-corrected chi connectivity index (χ0v) is 11.7. The smallest absolute Gasteiger partial charge is 0.148 e. The summed E-state index contributed by atoms with van der Waals surface area (Å²) < 4.78 is 18.8. The summed E-state index contributed by atoms with van der Waals surface area (Å²) in [6.45, 7) is 3.66. The molecule has 2 aromatic rings. The SMILES string of the molecule is Cc1c(F)ccc(C(=S)c2cnoc2C2CC2)c1C. The average Bonchev–Trinajstić information content (AvgIpc) is 3.13. The Balaban J connectivity index is 2.04. The maximum atomic E-state index is 13.5. The van der Waals surface area contributed by atoms with Crippen molar-refractivity contribution < 1.29 is 8.91 Å². The number of benzene rings is 1. The number of thiocarbonyl (C=S) groups is 1. The van der Waals surface area contributed by atoms with E-state index in [1.165, 1.54) is 6.07 Å². The van der Waals surface area contributed by atoms with Gasteiger partial charge in [-0.15, -0.1) is 0 Å². The van der Waals surface area contributed by atoms with E-state index in [1.54, 1.807) is 19.2 Å². The predicted molar refractivity (Wildman–Crippen MR) is 75.2 cm³/mol. The van der Waals surface area contributed by atoms with Gasteiger partial charge in [0.05, 0.1) is 16.6 Å². The molecule has 3 rings (SSSR count). The maximum Gasteiger partial charge on any atom is 0.148 e. The summed E-state index contributed by atoms with van der Waals surface area (Å²) in [7, 11) is 0. The highest BCUT2D eigenvalue weighted by molar-refractivity contribution is 7.81. The maximum absolute atomic E-state index is 13.5. The molecule has 0 radical (unpaired) electrons. The Morgan fingerprint density at radius 1 is 1.26 bits per heavy atom. The van der Waals surface area contributed by atoms with Crippen LogP contribution in [0.15, 0.2) is 22.9 Å². The van der Waals surface area contributed by atoms with Crippen LogP contribution in [0.3, 0.4) is 0 Å². The van der Waals surface area contributed by atoms with Gasteiger partial charge in [0, 0.05) is 5.92 Å². The Morgan fingerprint density at radius 3 is 2.68 bits per heavy atom. The summed E-state index contributed by atoms with van der Waals surface area (Å²) in [5.74, 6) is 1.14.